The van der Waals surface area contributed by atoms with Gasteiger partial charge < -0.3 is 4.74 Å². The Balaban J connectivity index is 2.03. The topological polar surface area (TPSA) is 22.1 Å². The summed E-state index contributed by atoms with van der Waals surface area (Å²) in [5, 5.41) is 0.997. The summed E-state index contributed by atoms with van der Waals surface area (Å²) in [7, 11) is 0. The van der Waals surface area contributed by atoms with Crippen molar-refractivity contribution < 1.29 is 9.13 Å². The molecule has 0 amide bonds. The van der Waals surface area contributed by atoms with Crippen LogP contribution in [0.4, 0.5) is 4.39 Å². The van der Waals surface area contributed by atoms with Gasteiger partial charge in [-0.05, 0) is 64.7 Å². The molecule has 2 nitrogen and oxygen atoms in total. The van der Waals surface area contributed by atoms with Gasteiger partial charge >= 0.3 is 0 Å². The minimum Gasteiger partial charge on any atom is -0.490 e. The Morgan fingerprint density at radius 1 is 1.04 bits per heavy atom. The fraction of sp³-hybridized carbons (Fsp3) is 0.167. The lowest BCUT2D eigenvalue weighted by molar-refractivity contribution is 0.341. The van der Waals surface area contributed by atoms with E-state index in [1.807, 2.05) is 19.2 Å². The van der Waals surface area contributed by atoms with Crippen LogP contribution in [0.1, 0.15) is 18.1 Å². The monoisotopic (exact) mass is 437 g/mol. The maximum absolute atomic E-state index is 13.0. The highest BCUT2D eigenvalue weighted by Crippen LogP contribution is 2.37. The summed E-state index contributed by atoms with van der Waals surface area (Å²) < 4.78 is 20.5. The van der Waals surface area contributed by atoms with E-state index >= 15 is 0 Å². The number of hydrogen-bond acceptors (Lipinski definition) is 2. The Labute approximate surface area is 150 Å². The second-order valence-electron chi connectivity index (χ2n) is 5.15. The van der Waals surface area contributed by atoms with E-state index in [-0.39, 0.29) is 5.82 Å². The lowest BCUT2D eigenvalue weighted by atomic mass is 10.0. The molecular formula is C18H14Br2FNO. The van der Waals surface area contributed by atoms with E-state index in [0.717, 1.165) is 36.7 Å². The lowest BCUT2D eigenvalue weighted by Gasteiger charge is -2.12. The smallest absolute Gasteiger partial charge is 0.159 e. The van der Waals surface area contributed by atoms with Crippen molar-refractivity contribution in [1.29, 1.82) is 0 Å². The van der Waals surface area contributed by atoms with Gasteiger partial charge in [-0.3, -0.25) is 4.98 Å². The summed E-state index contributed by atoms with van der Waals surface area (Å²) in [6.07, 6.45) is 2.54. The average Bonchev–Trinajstić information content (AvgIpc) is 2.54. The van der Waals surface area contributed by atoms with Crippen LogP contribution in [0.5, 0.6) is 5.75 Å². The van der Waals surface area contributed by atoms with Gasteiger partial charge in [0, 0.05) is 16.1 Å². The number of ether oxygens (including phenoxy) is 1. The number of nitrogens with zero attached hydrogens (tertiary/aromatic N) is 1. The highest BCUT2D eigenvalue weighted by molar-refractivity contribution is 9.11. The highest BCUT2D eigenvalue weighted by atomic mass is 79.9. The first-order valence-electron chi connectivity index (χ1n) is 7.22. The fourth-order valence-electron chi connectivity index (χ4n) is 2.45. The summed E-state index contributed by atoms with van der Waals surface area (Å²) in [6.45, 7) is 2.53. The number of fused-ring (bicyclic) bond motifs is 1. The van der Waals surface area contributed by atoms with E-state index < -0.39 is 0 Å². The van der Waals surface area contributed by atoms with Crippen LogP contribution in [0, 0.1) is 5.82 Å². The summed E-state index contributed by atoms with van der Waals surface area (Å²) >= 11 is 7.10. The third kappa shape index (κ3) is 3.56. The molecule has 0 saturated heterocycles. The van der Waals surface area contributed by atoms with Crippen LogP contribution in [0.25, 0.3) is 10.9 Å². The van der Waals surface area contributed by atoms with Crippen molar-refractivity contribution in [3.63, 3.8) is 0 Å². The van der Waals surface area contributed by atoms with Crippen LogP contribution in [-0.2, 0) is 6.42 Å². The largest absolute Gasteiger partial charge is 0.490 e. The zero-order valence-electron chi connectivity index (χ0n) is 12.4. The van der Waals surface area contributed by atoms with Gasteiger partial charge in [-0.15, -0.1) is 0 Å². The molecule has 2 aromatic carbocycles. The molecule has 23 heavy (non-hydrogen) atoms. The Hall–Kier alpha value is -1.46. The third-order valence-electron chi connectivity index (χ3n) is 3.50. The van der Waals surface area contributed by atoms with Crippen LogP contribution < -0.4 is 4.74 Å². The van der Waals surface area contributed by atoms with Gasteiger partial charge in [-0.25, -0.2) is 4.39 Å². The third-order valence-corrected chi connectivity index (χ3v) is 4.74. The molecule has 5 heteroatoms. The van der Waals surface area contributed by atoms with Crippen LogP contribution in [0.3, 0.4) is 0 Å². The second kappa shape index (κ2) is 6.97. The van der Waals surface area contributed by atoms with Crippen LogP contribution in [0.15, 0.2) is 51.5 Å². The molecule has 0 saturated carbocycles. The molecule has 0 fully saturated rings. The minimum atomic E-state index is -0.223. The van der Waals surface area contributed by atoms with Crippen LogP contribution >= 0.6 is 31.9 Å². The maximum Gasteiger partial charge on any atom is 0.159 e. The Kier molecular flexibility index (Phi) is 4.97. The van der Waals surface area contributed by atoms with E-state index in [1.54, 1.807) is 12.1 Å². The number of rotatable bonds is 4. The van der Waals surface area contributed by atoms with Crippen molar-refractivity contribution in [1.82, 2.24) is 4.98 Å². The number of halogens is 3. The summed E-state index contributed by atoms with van der Waals surface area (Å²) in [6, 6.07) is 10.6. The van der Waals surface area contributed by atoms with E-state index in [2.05, 4.69) is 42.9 Å². The molecule has 0 unspecified atom stereocenters. The minimum absolute atomic E-state index is 0.223. The Morgan fingerprint density at radius 3 is 2.48 bits per heavy atom. The van der Waals surface area contributed by atoms with Crippen LogP contribution in [0.2, 0.25) is 0 Å². The van der Waals surface area contributed by atoms with Crippen molar-refractivity contribution in [3.8, 4) is 5.75 Å². The average molecular weight is 439 g/mol. The maximum atomic E-state index is 13.0. The molecule has 3 aromatic rings. The van der Waals surface area contributed by atoms with Crippen molar-refractivity contribution in [2.75, 3.05) is 6.61 Å². The first-order valence-corrected chi connectivity index (χ1v) is 8.81. The zero-order valence-corrected chi connectivity index (χ0v) is 15.6. The van der Waals surface area contributed by atoms with Gasteiger partial charge in [0.25, 0.3) is 0 Å². The Bertz CT molecular complexity index is 850. The quantitative estimate of drug-likeness (QED) is 0.506. The molecular weight excluding hydrogens is 425 g/mol. The van der Waals surface area contributed by atoms with E-state index in [1.165, 1.54) is 12.1 Å². The molecule has 1 heterocycles. The summed E-state index contributed by atoms with van der Waals surface area (Å²) in [5.74, 6) is 0.526. The van der Waals surface area contributed by atoms with Crippen molar-refractivity contribution in [2.45, 2.75) is 13.3 Å². The van der Waals surface area contributed by atoms with Crippen molar-refractivity contribution >= 4 is 42.8 Å². The normalized spacial score (nSPS) is 11.0. The molecule has 118 valence electrons. The molecule has 0 aliphatic rings. The van der Waals surface area contributed by atoms with Crippen molar-refractivity contribution in [3.05, 3.63) is 68.5 Å². The van der Waals surface area contributed by atoms with Crippen LogP contribution in [-0.4, -0.2) is 11.6 Å². The Morgan fingerprint density at radius 2 is 1.78 bits per heavy atom. The summed E-state index contributed by atoms with van der Waals surface area (Å²) in [4.78, 5) is 4.58. The molecule has 1 aromatic heterocycles. The van der Waals surface area contributed by atoms with Gasteiger partial charge in [0.05, 0.1) is 11.1 Å². The molecule has 0 spiro atoms. The van der Waals surface area contributed by atoms with Gasteiger partial charge in [0.2, 0.25) is 0 Å². The fourth-order valence-corrected chi connectivity index (χ4v) is 3.82. The van der Waals surface area contributed by atoms with E-state index in [9.17, 15) is 4.39 Å². The number of hydrogen-bond donors (Lipinski definition) is 0. The first-order chi connectivity index (χ1) is 11.1. The molecule has 0 bridgehead atoms. The predicted octanol–water partition coefficient (Wildman–Crippen LogP) is 5.89. The molecule has 0 atom stereocenters. The van der Waals surface area contributed by atoms with Gasteiger partial charge in [-0.1, -0.05) is 28.1 Å². The molecule has 3 rings (SSSR count). The first kappa shape index (κ1) is 16.4. The second-order valence-corrected chi connectivity index (χ2v) is 6.85. The standard InChI is InChI=1S/C18H14Br2FNO/c1-2-23-18-16(20)9-15(19)14-8-12(10-22-17(14)18)7-11-3-5-13(21)6-4-11/h3-6,8-10H,2,7H2,1H3. The summed E-state index contributed by atoms with van der Waals surface area (Å²) in [5.41, 5.74) is 2.93. The van der Waals surface area contributed by atoms with Gasteiger partial charge in [0.1, 0.15) is 11.3 Å². The number of benzene rings is 2. The van der Waals surface area contributed by atoms with E-state index in [0.29, 0.717) is 13.0 Å². The molecule has 0 radical (unpaired) electrons. The van der Waals surface area contributed by atoms with Crippen molar-refractivity contribution in [2.24, 2.45) is 0 Å². The molecule has 0 aliphatic carbocycles. The van der Waals surface area contributed by atoms with Gasteiger partial charge in [0.15, 0.2) is 5.75 Å². The van der Waals surface area contributed by atoms with Gasteiger partial charge in [-0.2, -0.15) is 0 Å². The predicted molar refractivity (Wildman–Crippen MR) is 97.5 cm³/mol. The zero-order chi connectivity index (χ0) is 16.4. The molecule has 0 aliphatic heterocycles. The molecule has 0 N–H and O–H groups in total. The highest BCUT2D eigenvalue weighted by Gasteiger charge is 2.13. The van der Waals surface area contributed by atoms with E-state index in [4.69, 9.17) is 4.74 Å². The lowest BCUT2D eigenvalue weighted by Crippen LogP contribution is -1.97. The SMILES string of the molecule is CCOc1c(Br)cc(Br)c2cc(Cc3ccc(F)cc3)cnc12. The number of aromatic nitrogens is 1. The number of pyridine rings is 1.